The molecule has 1 amide bonds. The van der Waals surface area contributed by atoms with Crippen molar-refractivity contribution in [3.8, 4) is 0 Å². The molecule has 74 heavy (non-hydrogen) atoms. The Morgan fingerprint density at radius 3 is 1.08 bits per heavy atom. The predicted molar refractivity (Wildman–Crippen MR) is 324 cm³/mol. The van der Waals surface area contributed by atoms with E-state index in [0.717, 1.165) is 51.4 Å². The minimum Gasteiger partial charge on any atom is -0.466 e. The van der Waals surface area contributed by atoms with Gasteiger partial charge in [-0.25, -0.2) is 0 Å². The molecule has 0 saturated heterocycles. The van der Waals surface area contributed by atoms with Crippen LogP contribution in [0.5, 0.6) is 0 Å². The van der Waals surface area contributed by atoms with Gasteiger partial charge < -0.3 is 20.3 Å². The first kappa shape index (κ1) is 72.3. The standard InChI is InChI=1S/C68H131NO5/c1-3-5-7-9-11-13-15-17-18-19-20-21-22-24-27-30-33-37-40-44-48-52-56-60-66(71)65(64-70)69-67(72)61-57-53-49-45-41-38-34-31-28-25-23-26-29-32-35-39-43-47-51-55-59-63-74-68(73)62-58-54-50-46-42-36-16-14-12-10-8-6-4-2/h8,10,14,16,65-66,70-71H,3-7,9,11-13,15,17-64H2,1-2H3,(H,69,72)/b10-8-,16-14-. The Labute approximate surface area is 462 Å². The smallest absolute Gasteiger partial charge is 0.305 e. The molecule has 0 bridgehead atoms. The SMILES string of the molecule is CCC/C=C\C/C=C\CCCCCCCC(=O)OCCCCCCCCCCCCCCCCCCCCCCCC(=O)NC(CO)C(O)CCCCCCCCCCCCCCCCCCCCCCCCC. The van der Waals surface area contributed by atoms with E-state index in [4.69, 9.17) is 4.74 Å². The van der Waals surface area contributed by atoms with Gasteiger partial charge in [-0.05, 0) is 51.4 Å². The third-order valence-electron chi connectivity index (χ3n) is 15.7. The molecule has 0 aliphatic carbocycles. The van der Waals surface area contributed by atoms with Crippen LogP contribution in [-0.2, 0) is 14.3 Å². The van der Waals surface area contributed by atoms with E-state index in [-0.39, 0.29) is 18.5 Å². The molecule has 6 nitrogen and oxygen atoms in total. The summed E-state index contributed by atoms with van der Waals surface area (Å²) >= 11 is 0. The zero-order valence-corrected chi connectivity index (χ0v) is 50.1. The van der Waals surface area contributed by atoms with Gasteiger partial charge >= 0.3 is 5.97 Å². The molecule has 0 heterocycles. The fourth-order valence-corrected chi connectivity index (χ4v) is 10.6. The number of esters is 1. The van der Waals surface area contributed by atoms with Gasteiger partial charge in [0, 0.05) is 12.8 Å². The van der Waals surface area contributed by atoms with Crippen molar-refractivity contribution in [2.24, 2.45) is 0 Å². The van der Waals surface area contributed by atoms with Crippen molar-refractivity contribution < 1.29 is 24.5 Å². The number of carbonyl (C=O) groups is 2. The van der Waals surface area contributed by atoms with Gasteiger partial charge in [-0.1, -0.05) is 334 Å². The normalized spacial score (nSPS) is 12.6. The van der Waals surface area contributed by atoms with Gasteiger partial charge in [-0.2, -0.15) is 0 Å². The molecule has 6 heteroatoms. The quantitative estimate of drug-likeness (QED) is 0.0320. The predicted octanol–water partition coefficient (Wildman–Crippen LogP) is 21.4. The number of hydrogen-bond donors (Lipinski definition) is 3. The number of unbranched alkanes of at least 4 members (excludes halogenated alkanes) is 48. The highest BCUT2D eigenvalue weighted by molar-refractivity contribution is 5.76. The average Bonchev–Trinajstić information content (AvgIpc) is 3.40. The molecular formula is C68H131NO5. The van der Waals surface area contributed by atoms with E-state index in [0.29, 0.717) is 25.9 Å². The molecular weight excluding hydrogens is 911 g/mol. The maximum absolute atomic E-state index is 12.5. The van der Waals surface area contributed by atoms with Crippen molar-refractivity contribution in [2.75, 3.05) is 13.2 Å². The van der Waals surface area contributed by atoms with Gasteiger partial charge in [0.05, 0.1) is 25.4 Å². The van der Waals surface area contributed by atoms with Gasteiger partial charge in [0.2, 0.25) is 5.91 Å². The summed E-state index contributed by atoms with van der Waals surface area (Å²) in [4.78, 5) is 24.6. The third-order valence-corrected chi connectivity index (χ3v) is 15.7. The maximum atomic E-state index is 12.5. The minimum atomic E-state index is -0.666. The maximum Gasteiger partial charge on any atom is 0.305 e. The molecule has 0 fully saturated rings. The molecule has 0 aromatic heterocycles. The number of rotatable bonds is 63. The summed E-state index contributed by atoms with van der Waals surface area (Å²) in [5, 5.41) is 23.4. The molecule has 0 spiro atoms. The van der Waals surface area contributed by atoms with Crippen LogP contribution in [0, 0.1) is 0 Å². The molecule has 0 aliphatic rings. The Morgan fingerprint density at radius 1 is 0.378 bits per heavy atom. The lowest BCUT2D eigenvalue weighted by atomic mass is 10.0. The Bertz CT molecular complexity index is 1150. The summed E-state index contributed by atoms with van der Waals surface area (Å²) in [5.74, 6) is -0.0344. The summed E-state index contributed by atoms with van der Waals surface area (Å²) in [6.07, 6.45) is 79.2. The number of aliphatic hydroxyl groups is 2. The van der Waals surface area contributed by atoms with Crippen LogP contribution in [0.25, 0.3) is 0 Å². The molecule has 0 radical (unpaired) electrons. The van der Waals surface area contributed by atoms with Gasteiger partial charge in [0.1, 0.15) is 0 Å². The zero-order chi connectivity index (χ0) is 53.6. The molecule has 438 valence electrons. The van der Waals surface area contributed by atoms with E-state index < -0.39 is 12.1 Å². The monoisotopic (exact) mass is 1040 g/mol. The number of allylic oxidation sites excluding steroid dienone is 4. The van der Waals surface area contributed by atoms with Gasteiger partial charge in [0.25, 0.3) is 0 Å². The fraction of sp³-hybridized carbons (Fsp3) is 0.912. The van der Waals surface area contributed by atoms with Crippen molar-refractivity contribution in [3.63, 3.8) is 0 Å². The number of aliphatic hydroxyl groups excluding tert-OH is 2. The highest BCUT2D eigenvalue weighted by Crippen LogP contribution is 2.19. The molecule has 2 atom stereocenters. The summed E-state index contributed by atoms with van der Waals surface area (Å²) < 4.78 is 5.47. The number of carbonyl (C=O) groups excluding carboxylic acids is 2. The third kappa shape index (κ3) is 59.6. The molecule has 0 aromatic rings. The second-order valence-electron chi connectivity index (χ2n) is 23.2. The Morgan fingerprint density at radius 2 is 0.703 bits per heavy atom. The largest absolute Gasteiger partial charge is 0.466 e. The molecule has 3 N–H and O–H groups in total. The highest BCUT2D eigenvalue weighted by atomic mass is 16.5. The highest BCUT2D eigenvalue weighted by Gasteiger charge is 2.20. The van der Waals surface area contributed by atoms with E-state index in [1.54, 1.807) is 0 Å². The first-order valence-electron chi connectivity index (χ1n) is 33.6. The van der Waals surface area contributed by atoms with Crippen LogP contribution >= 0.6 is 0 Å². The van der Waals surface area contributed by atoms with E-state index in [1.165, 1.54) is 289 Å². The Hall–Kier alpha value is -1.66. The number of ether oxygens (including phenoxy) is 1. The molecule has 0 aliphatic heterocycles. The summed E-state index contributed by atoms with van der Waals surface area (Å²) in [6.45, 7) is 4.91. The zero-order valence-electron chi connectivity index (χ0n) is 50.1. The first-order valence-corrected chi connectivity index (χ1v) is 33.6. The van der Waals surface area contributed by atoms with Crippen LogP contribution < -0.4 is 5.32 Å². The minimum absolute atomic E-state index is 0.00253. The summed E-state index contributed by atoms with van der Waals surface area (Å²) in [6, 6.07) is -0.544. The van der Waals surface area contributed by atoms with Crippen LogP contribution in [0.4, 0.5) is 0 Å². The van der Waals surface area contributed by atoms with E-state index in [1.807, 2.05) is 0 Å². The number of hydrogen-bond acceptors (Lipinski definition) is 5. The Kier molecular flexibility index (Phi) is 62.4. The van der Waals surface area contributed by atoms with E-state index >= 15 is 0 Å². The van der Waals surface area contributed by atoms with Gasteiger partial charge in [0.15, 0.2) is 0 Å². The second-order valence-corrected chi connectivity index (χ2v) is 23.2. The summed E-state index contributed by atoms with van der Waals surface area (Å²) in [5.41, 5.74) is 0. The second kappa shape index (κ2) is 63.9. The number of amides is 1. The van der Waals surface area contributed by atoms with Gasteiger partial charge in [-0.3, -0.25) is 9.59 Å². The first-order chi connectivity index (χ1) is 36.5. The van der Waals surface area contributed by atoms with E-state index in [2.05, 4.69) is 43.5 Å². The molecule has 0 aromatic carbocycles. The summed E-state index contributed by atoms with van der Waals surface area (Å²) in [7, 11) is 0. The molecule has 2 unspecified atom stereocenters. The lowest BCUT2D eigenvalue weighted by Gasteiger charge is -2.22. The van der Waals surface area contributed by atoms with E-state index in [9.17, 15) is 19.8 Å². The van der Waals surface area contributed by atoms with Crippen molar-refractivity contribution in [1.82, 2.24) is 5.32 Å². The van der Waals surface area contributed by atoms with Crippen LogP contribution in [0.15, 0.2) is 24.3 Å². The van der Waals surface area contributed by atoms with Crippen LogP contribution in [-0.4, -0.2) is 47.4 Å². The Balaban J connectivity index is 3.39. The van der Waals surface area contributed by atoms with Gasteiger partial charge in [-0.15, -0.1) is 0 Å². The van der Waals surface area contributed by atoms with Crippen molar-refractivity contribution in [1.29, 1.82) is 0 Å². The lowest BCUT2D eigenvalue weighted by Crippen LogP contribution is -2.45. The molecule has 0 rings (SSSR count). The molecule has 0 saturated carbocycles. The number of nitrogens with one attached hydrogen (secondary N) is 1. The lowest BCUT2D eigenvalue weighted by molar-refractivity contribution is -0.143. The fourth-order valence-electron chi connectivity index (χ4n) is 10.6. The average molecular weight is 1040 g/mol. The van der Waals surface area contributed by atoms with Crippen molar-refractivity contribution >= 4 is 11.9 Å². The van der Waals surface area contributed by atoms with Crippen LogP contribution in [0.1, 0.15) is 373 Å². The topological polar surface area (TPSA) is 95.9 Å². The van der Waals surface area contributed by atoms with Crippen LogP contribution in [0.3, 0.4) is 0 Å². The van der Waals surface area contributed by atoms with Crippen molar-refractivity contribution in [2.45, 2.75) is 386 Å². The van der Waals surface area contributed by atoms with Crippen molar-refractivity contribution in [3.05, 3.63) is 24.3 Å². The van der Waals surface area contributed by atoms with Crippen LogP contribution in [0.2, 0.25) is 0 Å².